The lowest BCUT2D eigenvalue weighted by molar-refractivity contribution is 0.0997. The third kappa shape index (κ3) is 5.59. The summed E-state index contributed by atoms with van der Waals surface area (Å²) in [5.74, 6) is -0.978. The highest BCUT2D eigenvalue weighted by Crippen LogP contribution is 2.31. The number of halogens is 1. The number of hydrogen-bond acceptors (Lipinski definition) is 4. The summed E-state index contributed by atoms with van der Waals surface area (Å²) in [6.07, 6.45) is 2.43. The molecule has 1 unspecified atom stereocenters. The Morgan fingerprint density at radius 3 is 2.54 bits per heavy atom. The third-order valence-electron chi connectivity index (χ3n) is 6.45. The van der Waals surface area contributed by atoms with E-state index in [1.54, 1.807) is 49.4 Å². The Morgan fingerprint density at radius 2 is 1.81 bits per heavy atom. The van der Waals surface area contributed by atoms with Gasteiger partial charge in [0.05, 0.1) is 23.1 Å². The number of aryl methyl sites for hydroxylation is 1. The zero-order chi connectivity index (χ0) is 25.9. The molecule has 37 heavy (non-hydrogen) atoms. The van der Waals surface area contributed by atoms with Gasteiger partial charge in [0.15, 0.2) is 0 Å². The highest BCUT2D eigenvalue weighted by atomic mass is 19.1. The number of rotatable bonds is 9. The van der Waals surface area contributed by atoms with E-state index >= 15 is 0 Å². The van der Waals surface area contributed by atoms with Gasteiger partial charge in [0, 0.05) is 5.56 Å². The number of amides is 2. The van der Waals surface area contributed by atoms with Crippen LogP contribution in [0.5, 0.6) is 0 Å². The molecule has 0 aliphatic heterocycles. The van der Waals surface area contributed by atoms with E-state index in [1.807, 2.05) is 30.3 Å². The second-order valence-corrected chi connectivity index (χ2v) is 9.39. The fourth-order valence-corrected chi connectivity index (χ4v) is 4.33. The number of nitrogens with one attached hydrogen (secondary N) is 2. The predicted molar refractivity (Wildman–Crippen MR) is 140 cm³/mol. The van der Waals surface area contributed by atoms with Crippen molar-refractivity contribution >= 4 is 17.5 Å². The van der Waals surface area contributed by atoms with Gasteiger partial charge in [-0.25, -0.2) is 9.07 Å². The SMILES string of the molecule is Cc1cc(C(=O)Nc2cc(C(NCC3CC3)c3ccccc3)ccc2F)n(-c2cccc(C(N)=O)c2)n1. The molecule has 1 heterocycles. The molecule has 1 aromatic heterocycles. The van der Waals surface area contributed by atoms with Crippen molar-refractivity contribution in [1.29, 1.82) is 0 Å². The second-order valence-electron chi connectivity index (χ2n) is 9.39. The van der Waals surface area contributed by atoms with Gasteiger partial charge in [-0.1, -0.05) is 42.5 Å². The van der Waals surface area contributed by atoms with Crippen molar-refractivity contribution in [2.45, 2.75) is 25.8 Å². The van der Waals surface area contributed by atoms with Crippen molar-refractivity contribution in [2.24, 2.45) is 11.7 Å². The molecule has 0 spiro atoms. The molecule has 4 aromatic rings. The summed E-state index contributed by atoms with van der Waals surface area (Å²) in [5.41, 5.74) is 8.99. The Hall–Kier alpha value is -4.30. The minimum atomic E-state index is -0.584. The topological polar surface area (TPSA) is 102 Å². The fraction of sp³-hybridized carbons (Fsp3) is 0.207. The lowest BCUT2D eigenvalue weighted by Gasteiger charge is -2.21. The molecule has 1 saturated carbocycles. The average Bonchev–Trinajstić information content (AvgIpc) is 3.65. The van der Waals surface area contributed by atoms with E-state index in [1.165, 1.54) is 23.6 Å². The molecule has 7 nitrogen and oxygen atoms in total. The van der Waals surface area contributed by atoms with Crippen molar-refractivity contribution in [3.8, 4) is 5.69 Å². The van der Waals surface area contributed by atoms with Gasteiger partial charge in [-0.05, 0) is 79.8 Å². The highest BCUT2D eigenvalue weighted by Gasteiger charge is 2.24. The Balaban J connectivity index is 1.44. The maximum absolute atomic E-state index is 14.9. The van der Waals surface area contributed by atoms with Crippen molar-refractivity contribution in [3.05, 3.63) is 113 Å². The zero-order valence-electron chi connectivity index (χ0n) is 20.4. The molecule has 1 aliphatic rings. The quantitative estimate of drug-likeness (QED) is 0.310. The molecular formula is C29H28FN5O2. The van der Waals surface area contributed by atoms with Crippen LogP contribution in [-0.4, -0.2) is 28.1 Å². The summed E-state index contributed by atoms with van der Waals surface area (Å²) in [5, 5.41) is 10.7. The monoisotopic (exact) mass is 497 g/mol. The van der Waals surface area contributed by atoms with Crippen LogP contribution < -0.4 is 16.4 Å². The largest absolute Gasteiger partial charge is 0.366 e. The molecule has 1 atom stereocenters. The van der Waals surface area contributed by atoms with Gasteiger partial charge in [0.25, 0.3) is 5.91 Å². The number of aromatic nitrogens is 2. The summed E-state index contributed by atoms with van der Waals surface area (Å²) < 4.78 is 16.3. The first-order valence-electron chi connectivity index (χ1n) is 12.2. The van der Waals surface area contributed by atoms with E-state index < -0.39 is 17.6 Å². The Bertz CT molecular complexity index is 1450. The van der Waals surface area contributed by atoms with E-state index in [-0.39, 0.29) is 17.4 Å². The normalized spacial score (nSPS) is 13.8. The van der Waals surface area contributed by atoms with E-state index in [0.29, 0.717) is 22.9 Å². The number of carbonyl (C=O) groups excluding carboxylic acids is 2. The van der Waals surface area contributed by atoms with Gasteiger partial charge in [0.1, 0.15) is 11.5 Å². The van der Waals surface area contributed by atoms with Gasteiger partial charge in [0.2, 0.25) is 5.91 Å². The Morgan fingerprint density at radius 1 is 1.03 bits per heavy atom. The number of anilines is 1. The van der Waals surface area contributed by atoms with Gasteiger partial charge in [-0.3, -0.25) is 9.59 Å². The van der Waals surface area contributed by atoms with Crippen LogP contribution in [-0.2, 0) is 0 Å². The lowest BCUT2D eigenvalue weighted by Crippen LogP contribution is -2.25. The van der Waals surface area contributed by atoms with Gasteiger partial charge in [-0.15, -0.1) is 0 Å². The number of hydrogen-bond donors (Lipinski definition) is 3. The van der Waals surface area contributed by atoms with E-state index in [0.717, 1.165) is 17.7 Å². The van der Waals surface area contributed by atoms with Gasteiger partial charge >= 0.3 is 0 Å². The van der Waals surface area contributed by atoms with Crippen LogP contribution in [0.2, 0.25) is 0 Å². The molecule has 3 aromatic carbocycles. The fourth-order valence-electron chi connectivity index (χ4n) is 4.33. The first kappa shape index (κ1) is 24.4. The highest BCUT2D eigenvalue weighted by molar-refractivity contribution is 6.03. The first-order chi connectivity index (χ1) is 17.9. The predicted octanol–water partition coefficient (Wildman–Crippen LogP) is 4.76. The van der Waals surface area contributed by atoms with E-state index in [2.05, 4.69) is 15.7 Å². The van der Waals surface area contributed by atoms with Crippen LogP contribution in [0.3, 0.4) is 0 Å². The Labute approximate surface area is 214 Å². The second kappa shape index (κ2) is 10.4. The standard InChI is InChI=1S/C29H28FN5O2/c1-18-14-26(35(34-18)23-9-5-8-22(15-23)28(31)36)29(37)33-25-16-21(12-13-24(25)30)27(32-17-19-10-11-19)20-6-3-2-4-7-20/h2-9,12-16,19,27,32H,10-11,17H2,1H3,(H2,31,36)(H,33,37). The van der Waals surface area contributed by atoms with E-state index in [9.17, 15) is 14.0 Å². The molecule has 4 N–H and O–H groups in total. The van der Waals surface area contributed by atoms with Crippen molar-refractivity contribution in [3.63, 3.8) is 0 Å². The van der Waals surface area contributed by atoms with Gasteiger partial charge in [-0.2, -0.15) is 5.10 Å². The van der Waals surface area contributed by atoms with Crippen molar-refractivity contribution < 1.29 is 14.0 Å². The van der Waals surface area contributed by atoms with Crippen molar-refractivity contribution in [2.75, 3.05) is 11.9 Å². The average molecular weight is 498 g/mol. The maximum atomic E-state index is 14.9. The molecule has 1 aliphatic carbocycles. The molecule has 188 valence electrons. The van der Waals surface area contributed by atoms with Crippen LogP contribution in [0.15, 0.2) is 78.9 Å². The van der Waals surface area contributed by atoms with Gasteiger partial charge < -0.3 is 16.4 Å². The van der Waals surface area contributed by atoms with Crippen molar-refractivity contribution in [1.82, 2.24) is 15.1 Å². The van der Waals surface area contributed by atoms with Crippen LogP contribution >= 0.6 is 0 Å². The number of carbonyl (C=O) groups is 2. The molecule has 8 heteroatoms. The number of nitrogens with zero attached hydrogens (tertiary/aromatic N) is 2. The minimum Gasteiger partial charge on any atom is -0.366 e. The Kier molecular flexibility index (Phi) is 6.83. The number of primary amides is 1. The van der Waals surface area contributed by atoms with Crippen LogP contribution in [0, 0.1) is 18.7 Å². The first-order valence-corrected chi connectivity index (χ1v) is 12.2. The lowest BCUT2D eigenvalue weighted by atomic mass is 9.97. The minimum absolute atomic E-state index is 0.0768. The molecular weight excluding hydrogens is 469 g/mol. The molecule has 2 amide bonds. The number of nitrogens with two attached hydrogens (primary N) is 1. The van der Waals surface area contributed by atoms with Crippen LogP contribution in [0.1, 0.15) is 56.6 Å². The van der Waals surface area contributed by atoms with Crippen LogP contribution in [0.4, 0.5) is 10.1 Å². The summed E-state index contributed by atoms with van der Waals surface area (Å²) in [7, 11) is 0. The summed E-state index contributed by atoms with van der Waals surface area (Å²) in [4.78, 5) is 25.0. The van der Waals surface area contributed by atoms with Crippen LogP contribution in [0.25, 0.3) is 5.69 Å². The molecule has 0 saturated heterocycles. The zero-order valence-corrected chi connectivity index (χ0v) is 20.4. The molecule has 5 rings (SSSR count). The van der Waals surface area contributed by atoms with E-state index in [4.69, 9.17) is 5.73 Å². The number of benzene rings is 3. The molecule has 1 fully saturated rings. The molecule has 0 radical (unpaired) electrons. The summed E-state index contributed by atoms with van der Waals surface area (Å²) in [6, 6.07) is 22.8. The summed E-state index contributed by atoms with van der Waals surface area (Å²) >= 11 is 0. The summed E-state index contributed by atoms with van der Waals surface area (Å²) in [6.45, 7) is 2.63. The smallest absolute Gasteiger partial charge is 0.274 e. The molecule has 0 bridgehead atoms. The maximum Gasteiger partial charge on any atom is 0.274 e. The third-order valence-corrected chi connectivity index (χ3v) is 6.45.